The van der Waals surface area contributed by atoms with Crippen LogP contribution in [0.3, 0.4) is 0 Å². The SMILES string of the molecule is CCCOc1ccc(/C=N/NC(=O)CSc2nnc(-c3ccccc3)n2-c2ccc(OCC)cc2)cc1. The van der Waals surface area contributed by atoms with E-state index in [-0.39, 0.29) is 11.7 Å². The molecule has 1 aromatic heterocycles. The molecule has 190 valence electrons. The summed E-state index contributed by atoms with van der Waals surface area (Å²) in [6.07, 6.45) is 2.55. The third-order valence-electron chi connectivity index (χ3n) is 5.16. The molecule has 0 fully saturated rings. The molecule has 0 saturated heterocycles. The quantitative estimate of drug-likeness (QED) is 0.155. The minimum Gasteiger partial charge on any atom is -0.494 e. The van der Waals surface area contributed by atoms with E-state index < -0.39 is 0 Å². The molecule has 0 spiro atoms. The molecule has 0 unspecified atom stereocenters. The summed E-state index contributed by atoms with van der Waals surface area (Å²) in [6, 6.07) is 25.1. The third kappa shape index (κ3) is 7.20. The highest BCUT2D eigenvalue weighted by Crippen LogP contribution is 2.28. The van der Waals surface area contributed by atoms with E-state index in [0.29, 0.717) is 24.2 Å². The van der Waals surface area contributed by atoms with Crippen molar-refractivity contribution in [3.63, 3.8) is 0 Å². The van der Waals surface area contributed by atoms with Gasteiger partial charge in [-0.1, -0.05) is 49.0 Å². The minimum atomic E-state index is -0.244. The number of hydrazone groups is 1. The monoisotopic (exact) mass is 515 g/mol. The van der Waals surface area contributed by atoms with E-state index in [1.807, 2.05) is 90.4 Å². The molecule has 0 atom stereocenters. The van der Waals surface area contributed by atoms with E-state index in [1.54, 1.807) is 6.21 Å². The van der Waals surface area contributed by atoms with Crippen LogP contribution in [-0.2, 0) is 4.79 Å². The third-order valence-corrected chi connectivity index (χ3v) is 6.09. The van der Waals surface area contributed by atoms with Crippen molar-refractivity contribution < 1.29 is 14.3 Å². The molecule has 37 heavy (non-hydrogen) atoms. The number of hydrogen-bond donors (Lipinski definition) is 1. The Bertz CT molecular complexity index is 1310. The number of carbonyl (C=O) groups is 1. The van der Waals surface area contributed by atoms with Crippen LogP contribution in [0.5, 0.6) is 11.5 Å². The van der Waals surface area contributed by atoms with Crippen LogP contribution in [0.1, 0.15) is 25.8 Å². The van der Waals surface area contributed by atoms with Gasteiger partial charge in [-0.3, -0.25) is 9.36 Å². The first-order valence-corrected chi connectivity index (χ1v) is 13.1. The first-order valence-electron chi connectivity index (χ1n) is 12.1. The highest BCUT2D eigenvalue weighted by molar-refractivity contribution is 7.99. The van der Waals surface area contributed by atoms with Crippen molar-refractivity contribution in [1.29, 1.82) is 0 Å². The van der Waals surface area contributed by atoms with Crippen molar-refractivity contribution in [2.24, 2.45) is 5.10 Å². The number of hydrogen-bond acceptors (Lipinski definition) is 7. The van der Waals surface area contributed by atoms with Gasteiger partial charge in [0.15, 0.2) is 11.0 Å². The zero-order valence-corrected chi connectivity index (χ0v) is 21.6. The zero-order chi connectivity index (χ0) is 25.9. The van der Waals surface area contributed by atoms with Crippen molar-refractivity contribution in [3.05, 3.63) is 84.4 Å². The molecule has 1 heterocycles. The molecule has 0 aliphatic carbocycles. The fourth-order valence-electron chi connectivity index (χ4n) is 3.44. The summed E-state index contributed by atoms with van der Waals surface area (Å²) in [5.41, 5.74) is 5.24. The number of rotatable bonds is 12. The Kier molecular flexibility index (Phi) is 9.31. The molecule has 1 N–H and O–H groups in total. The average Bonchev–Trinajstić information content (AvgIpc) is 3.36. The van der Waals surface area contributed by atoms with Gasteiger partial charge < -0.3 is 9.47 Å². The van der Waals surface area contributed by atoms with Gasteiger partial charge in [-0.2, -0.15) is 5.10 Å². The normalized spacial score (nSPS) is 11.0. The second-order valence-electron chi connectivity index (χ2n) is 7.93. The summed E-state index contributed by atoms with van der Waals surface area (Å²) < 4.78 is 13.1. The molecular weight excluding hydrogens is 486 g/mol. The summed E-state index contributed by atoms with van der Waals surface area (Å²) in [5.74, 6) is 2.18. The Morgan fingerprint density at radius 1 is 0.946 bits per heavy atom. The van der Waals surface area contributed by atoms with Crippen LogP contribution in [0, 0.1) is 0 Å². The van der Waals surface area contributed by atoms with E-state index in [4.69, 9.17) is 9.47 Å². The van der Waals surface area contributed by atoms with Crippen LogP contribution < -0.4 is 14.9 Å². The van der Waals surface area contributed by atoms with E-state index >= 15 is 0 Å². The van der Waals surface area contributed by atoms with Gasteiger partial charge >= 0.3 is 0 Å². The fourth-order valence-corrected chi connectivity index (χ4v) is 4.18. The highest BCUT2D eigenvalue weighted by Gasteiger charge is 2.17. The minimum absolute atomic E-state index is 0.130. The molecule has 9 heteroatoms. The Morgan fingerprint density at radius 2 is 1.65 bits per heavy atom. The summed E-state index contributed by atoms with van der Waals surface area (Å²) in [6.45, 7) is 5.29. The van der Waals surface area contributed by atoms with E-state index in [2.05, 4.69) is 27.6 Å². The number of ether oxygens (including phenoxy) is 2. The molecule has 8 nitrogen and oxygen atoms in total. The number of thioether (sulfide) groups is 1. The number of aromatic nitrogens is 3. The number of carbonyl (C=O) groups excluding carboxylic acids is 1. The van der Waals surface area contributed by atoms with Crippen molar-refractivity contribution in [2.45, 2.75) is 25.4 Å². The molecule has 0 radical (unpaired) electrons. The molecule has 4 aromatic rings. The first-order chi connectivity index (χ1) is 18.2. The fraction of sp³-hybridized carbons (Fsp3) is 0.214. The lowest BCUT2D eigenvalue weighted by molar-refractivity contribution is -0.118. The van der Waals surface area contributed by atoms with Gasteiger partial charge in [0, 0.05) is 11.3 Å². The van der Waals surface area contributed by atoms with Crippen molar-refractivity contribution in [2.75, 3.05) is 19.0 Å². The van der Waals surface area contributed by atoms with Gasteiger partial charge in [-0.05, 0) is 67.4 Å². The van der Waals surface area contributed by atoms with Crippen molar-refractivity contribution >= 4 is 23.9 Å². The first kappa shape index (κ1) is 26.0. The lowest BCUT2D eigenvalue weighted by Crippen LogP contribution is -2.20. The molecule has 0 aliphatic heterocycles. The van der Waals surface area contributed by atoms with E-state index in [9.17, 15) is 4.79 Å². The predicted octanol–water partition coefficient (Wildman–Crippen LogP) is 5.36. The second kappa shape index (κ2) is 13.3. The average molecular weight is 516 g/mol. The van der Waals surface area contributed by atoms with Crippen LogP contribution in [0.25, 0.3) is 17.1 Å². The summed E-state index contributed by atoms with van der Waals surface area (Å²) in [7, 11) is 0. The van der Waals surface area contributed by atoms with Crippen LogP contribution in [0.15, 0.2) is 89.1 Å². The maximum Gasteiger partial charge on any atom is 0.250 e. The largest absolute Gasteiger partial charge is 0.494 e. The number of amides is 1. The Hall–Kier alpha value is -4.11. The zero-order valence-electron chi connectivity index (χ0n) is 20.8. The molecule has 0 saturated carbocycles. The number of nitrogens with zero attached hydrogens (tertiary/aromatic N) is 4. The molecule has 0 bridgehead atoms. The Labute approximate surface area is 220 Å². The maximum absolute atomic E-state index is 12.5. The van der Waals surface area contributed by atoms with Crippen LogP contribution in [-0.4, -0.2) is 45.9 Å². The van der Waals surface area contributed by atoms with Gasteiger partial charge in [0.1, 0.15) is 11.5 Å². The standard InChI is InChI=1S/C28H29N5O3S/c1-3-18-36-25-14-10-21(11-15-25)19-29-30-26(34)20-37-28-32-31-27(22-8-6-5-7-9-22)33(28)23-12-16-24(17-13-23)35-4-2/h5-17,19H,3-4,18,20H2,1-2H3,(H,30,34)/b29-19+. The van der Waals surface area contributed by atoms with E-state index in [0.717, 1.165) is 34.7 Å². The second-order valence-corrected chi connectivity index (χ2v) is 8.88. The Balaban J connectivity index is 1.43. The lowest BCUT2D eigenvalue weighted by Gasteiger charge is -2.11. The smallest absolute Gasteiger partial charge is 0.250 e. The number of nitrogens with one attached hydrogen (secondary N) is 1. The van der Waals surface area contributed by atoms with Crippen molar-refractivity contribution in [3.8, 4) is 28.6 Å². The topological polar surface area (TPSA) is 90.6 Å². The molecule has 4 rings (SSSR count). The molecular formula is C28H29N5O3S. The maximum atomic E-state index is 12.5. The summed E-state index contributed by atoms with van der Waals surface area (Å²) >= 11 is 1.29. The Morgan fingerprint density at radius 3 is 2.35 bits per heavy atom. The van der Waals surface area contributed by atoms with Gasteiger partial charge in [-0.15, -0.1) is 10.2 Å². The van der Waals surface area contributed by atoms with Crippen LogP contribution in [0.4, 0.5) is 0 Å². The molecule has 1 amide bonds. The van der Waals surface area contributed by atoms with Crippen LogP contribution >= 0.6 is 11.8 Å². The van der Waals surface area contributed by atoms with Crippen LogP contribution in [0.2, 0.25) is 0 Å². The predicted molar refractivity (Wildman–Crippen MR) is 147 cm³/mol. The summed E-state index contributed by atoms with van der Waals surface area (Å²) in [5, 5.41) is 13.5. The van der Waals surface area contributed by atoms with Gasteiger partial charge in [0.2, 0.25) is 0 Å². The summed E-state index contributed by atoms with van der Waals surface area (Å²) in [4.78, 5) is 12.5. The highest BCUT2D eigenvalue weighted by atomic mass is 32.2. The molecule has 3 aromatic carbocycles. The van der Waals surface area contributed by atoms with Gasteiger partial charge in [-0.25, -0.2) is 5.43 Å². The van der Waals surface area contributed by atoms with E-state index in [1.165, 1.54) is 11.8 Å². The van der Waals surface area contributed by atoms with Crippen molar-refractivity contribution in [1.82, 2.24) is 20.2 Å². The molecule has 0 aliphatic rings. The lowest BCUT2D eigenvalue weighted by atomic mass is 10.2. The van der Waals surface area contributed by atoms with Gasteiger partial charge in [0.05, 0.1) is 25.2 Å². The number of benzene rings is 3. The van der Waals surface area contributed by atoms with Gasteiger partial charge in [0.25, 0.3) is 5.91 Å².